The number of amides is 1. The van der Waals surface area contributed by atoms with E-state index in [1.807, 2.05) is 24.3 Å². The van der Waals surface area contributed by atoms with E-state index >= 15 is 0 Å². The van der Waals surface area contributed by atoms with Crippen LogP contribution in [0.2, 0.25) is 0 Å². The first-order valence-electron chi connectivity index (χ1n) is 6.45. The lowest BCUT2D eigenvalue weighted by Gasteiger charge is -2.07. The minimum atomic E-state index is -0.187. The number of ether oxygens (including phenoxy) is 1. The fourth-order valence-electron chi connectivity index (χ4n) is 1.65. The number of benzene rings is 1. The Hall–Kier alpha value is -1.92. The Morgan fingerprint density at radius 3 is 2.62 bits per heavy atom. The number of anilines is 2. The highest BCUT2D eigenvalue weighted by molar-refractivity contribution is 9.10. The van der Waals surface area contributed by atoms with E-state index in [1.165, 1.54) is 0 Å². The Kier molecular flexibility index (Phi) is 5.71. The molecular formula is C15H16BrN3O2. The van der Waals surface area contributed by atoms with Crippen LogP contribution in [0.25, 0.3) is 0 Å². The molecule has 110 valence electrons. The molecule has 5 nitrogen and oxygen atoms in total. The second-order valence-electron chi connectivity index (χ2n) is 4.31. The number of nitrogens with one attached hydrogen (secondary N) is 2. The predicted octanol–water partition coefficient (Wildman–Crippen LogP) is 3.15. The molecule has 0 aliphatic rings. The van der Waals surface area contributed by atoms with Crippen LogP contribution in [0.4, 0.5) is 11.5 Å². The van der Waals surface area contributed by atoms with Gasteiger partial charge in [0, 0.05) is 30.0 Å². The van der Waals surface area contributed by atoms with E-state index in [0.29, 0.717) is 24.5 Å². The van der Waals surface area contributed by atoms with Crippen molar-refractivity contribution in [1.82, 2.24) is 4.98 Å². The molecule has 2 N–H and O–H groups in total. The quantitative estimate of drug-likeness (QED) is 0.786. The van der Waals surface area contributed by atoms with Gasteiger partial charge in [-0.2, -0.15) is 0 Å². The number of aromatic nitrogens is 1. The Morgan fingerprint density at radius 2 is 2.00 bits per heavy atom. The van der Waals surface area contributed by atoms with Gasteiger partial charge in [0.05, 0.1) is 12.2 Å². The van der Waals surface area contributed by atoms with E-state index in [-0.39, 0.29) is 5.91 Å². The second-order valence-corrected chi connectivity index (χ2v) is 5.23. The number of rotatable bonds is 6. The zero-order valence-electron chi connectivity index (χ0n) is 11.6. The molecule has 0 saturated carbocycles. The standard InChI is InChI=1S/C15H16BrN3O2/c1-21-9-8-17-14-7-2-11(10-18-14)15(20)19-13-5-3-12(16)4-6-13/h2-7,10H,8-9H2,1H3,(H,17,18)(H,19,20). The molecule has 0 unspecified atom stereocenters. The number of methoxy groups -OCH3 is 1. The van der Waals surface area contributed by atoms with Crippen molar-refractivity contribution in [3.63, 3.8) is 0 Å². The van der Waals surface area contributed by atoms with E-state index in [4.69, 9.17) is 4.74 Å². The average Bonchev–Trinajstić information content (AvgIpc) is 2.50. The molecule has 0 fully saturated rings. The third-order valence-corrected chi connectivity index (χ3v) is 3.27. The lowest BCUT2D eigenvalue weighted by molar-refractivity contribution is 0.102. The molecule has 0 saturated heterocycles. The fourth-order valence-corrected chi connectivity index (χ4v) is 1.91. The van der Waals surface area contributed by atoms with Crippen molar-refractivity contribution in [3.05, 3.63) is 52.6 Å². The molecule has 1 heterocycles. The second kappa shape index (κ2) is 7.75. The van der Waals surface area contributed by atoms with Gasteiger partial charge in [-0.15, -0.1) is 0 Å². The van der Waals surface area contributed by atoms with E-state index in [1.54, 1.807) is 25.4 Å². The maximum atomic E-state index is 12.1. The van der Waals surface area contributed by atoms with Crippen molar-refractivity contribution in [2.45, 2.75) is 0 Å². The van der Waals surface area contributed by atoms with Gasteiger partial charge in [-0.05, 0) is 36.4 Å². The first kappa shape index (κ1) is 15.5. The molecule has 1 amide bonds. The first-order valence-corrected chi connectivity index (χ1v) is 7.24. The predicted molar refractivity (Wildman–Crippen MR) is 86.7 cm³/mol. The summed E-state index contributed by atoms with van der Waals surface area (Å²) in [7, 11) is 1.64. The van der Waals surface area contributed by atoms with Gasteiger partial charge in [-0.3, -0.25) is 4.79 Å². The van der Waals surface area contributed by atoms with Crippen LogP contribution in [-0.2, 0) is 4.74 Å². The topological polar surface area (TPSA) is 63.2 Å². The number of pyridine rings is 1. The lowest BCUT2D eigenvalue weighted by Crippen LogP contribution is -2.13. The van der Waals surface area contributed by atoms with Gasteiger partial charge in [0.1, 0.15) is 5.82 Å². The molecule has 21 heavy (non-hydrogen) atoms. The minimum absolute atomic E-state index is 0.187. The zero-order chi connectivity index (χ0) is 15.1. The molecule has 1 aromatic carbocycles. The van der Waals surface area contributed by atoms with Crippen LogP contribution < -0.4 is 10.6 Å². The number of hydrogen-bond acceptors (Lipinski definition) is 4. The molecule has 2 rings (SSSR count). The summed E-state index contributed by atoms with van der Waals surface area (Å²) in [6, 6.07) is 10.9. The lowest BCUT2D eigenvalue weighted by atomic mass is 10.2. The number of nitrogens with zero attached hydrogens (tertiary/aromatic N) is 1. The number of hydrogen-bond donors (Lipinski definition) is 2. The van der Waals surface area contributed by atoms with Crippen LogP contribution in [0, 0.1) is 0 Å². The molecule has 0 aliphatic heterocycles. The molecule has 0 aliphatic carbocycles. The van der Waals surface area contributed by atoms with Crippen molar-refractivity contribution >= 4 is 33.3 Å². The maximum absolute atomic E-state index is 12.1. The van der Waals surface area contributed by atoms with Gasteiger partial charge in [0.15, 0.2) is 0 Å². The Bertz CT molecular complexity index is 585. The molecule has 0 radical (unpaired) electrons. The summed E-state index contributed by atoms with van der Waals surface area (Å²) in [6.45, 7) is 1.28. The van der Waals surface area contributed by atoms with Crippen LogP contribution in [0.15, 0.2) is 47.1 Å². The number of carbonyl (C=O) groups excluding carboxylic acids is 1. The fraction of sp³-hybridized carbons (Fsp3) is 0.200. The average molecular weight is 350 g/mol. The SMILES string of the molecule is COCCNc1ccc(C(=O)Nc2ccc(Br)cc2)cn1. The highest BCUT2D eigenvalue weighted by Gasteiger charge is 2.06. The summed E-state index contributed by atoms with van der Waals surface area (Å²) in [5.74, 6) is 0.528. The smallest absolute Gasteiger partial charge is 0.257 e. The van der Waals surface area contributed by atoms with E-state index in [0.717, 1.165) is 10.2 Å². The molecule has 0 atom stereocenters. The molecule has 6 heteroatoms. The molecule has 1 aromatic heterocycles. The Balaban J connectivity index is 1.94. The molecule has 0 spiro atoms. The van der Waals surface area contributed by atoms with E-state index < -0.39 is 0 Å². The maximum Gasteiger partial charge on any atom is 0.257 e. The third kappa shape index (κ3) is 4.84. The van der Waals surface area contributed by atoms with Crippen molar-refractivity contribution in [3.8, 4) is 0 Å². The van der Waals surface area contributed by atoms with Crippen LogP contribution in [0.5, 0.6) is 0 Å². The first-order chi connectivity index (χ1) is 10.2. The minimum Gasteiger partial charge on any atom is -0.383 e. The van der Waals surface area contributed by atoms with Crippen molar-refractivity contribution < 1.29 is 9.53 Å². The zero-order valence-corrected chi connectivity index (χ0v) is 13.2. The Labute approximate surface area is 131 Å². The summed E-state index contributed by atoms with van der Waals surface area (Å²) in [6.07, 6.45) is 1.54. The summed E-state index contributed by atoms with van der Waals surface area (Å²) in [4.78, 5) is 16.3. The van der Waals surface area contributed by atoms with E-state index in [2.05, 4.69) is 31.5 Å². The number of halogens is 1. The van der Waals surface area contributed by atoms with Crippen molar-refractivity contribution in [1.29, 1.82) is 0 Å². The van der Waals surface area contributed by atoms with Crippen LogP contribution in [-0.4, -0.2) is 31.2 Å². The highest BCUT2D eigenvalue weighted by atomic mass is 79.9. The normalized spacial score (nSPS) is 10.2. The summed E-state index contributed by atoms with van der Waals surface area (Å²) >= 11 is 3.35. The van der Waals surface area contributed by atoms with Gasteiger partial charge < -0.3 is 15.4 Å². The monoisotopic (exact) mass is 349 g/mol. The summed E-state index contributed by atoms with van der Waals surface area (Å²) < 4.78 is 5.91. The molecule has 2 aromatic rings. The number of carbonyl (C=O) groups is 1. The Morgan fingerprint density at radius 1 is 1.24 bits per heavy atom. The van der Waals surface area contributed by atoms with Crippen LogP contribution in [0.1, 0.15) is 10.4 Å². The summed E-state index contributed by atoms with van der Waals surface area (Å²) in [5, 5.41) is 5.91. The largest absolute Gasteiger partial charge is 0.383 e. The third-order valence-electron chi connectivity index (χ3n) is 2.74. The van der Waals surface area contributed by atoms with E-state index in [9.17, 15) is 4.79 Å². The van der Waals surface area contributed by atoms with Gasteiger partial charge >= 0.3 is 0 Å². The van der Waals surface area contributed by atoms with Gasteiger partial charge in [0.25, 0.3) is 5.91 Å². The van der Waals surface area contributed by atoms with Gasteiger partial charge in [0.2, 0.25) is 0 Å². The summed E-state index contributed by atoms with van der Waals surface area (Å²) in [5.41, 5.74) is 1.25. The van der Waals surface area contributed by atoms with Gasteiger partial charge in [-0.1, -0.05) is 15.9 Å². The molecule has 0 bridgehead atoms. The van der Waals surface area contributed by atoms with Crippen molar-refractivity contribution in [2.75, 3.05) is 30.9 Å². The van der Waals surface area contributed by atoms with Gasteiger partial charge in [-0.25, -0.2) is 4.98 Å². The van der Waals surface area contributed by atoms with Crippen molar-refractivity contribution in [2.24, 2.45) is 0 Å². The van der Waals surface area contributed by atoms with Crippen LogP contribution >= 0.6 is 15.9 Å². The van der Waals surface area contributed by atoms with Crippen LogP contribution in [0.3, 0.4) is 0 Å². The highest BCUT2D eigenvalue weighted by Crippen LogP contribution is 2.15. The molecular weight excluding hydrogens is 334 g/mol.